The summed E-state index contributed by atoms with van der Waals surface area (Å²) < 4.78 is 3.37. The summed E-state index contributed by atoms with van der Waals surface area (Å²) in [5.74, 6) is 0. The fourth-order valence-electron chi connectivity index (χ4n) is 2.09. The van der Waals surface area contributed by atoms with Crippen LogP contribution in [0.2, 0.25) is 5.02 Å². The fraction of sp³-hybridized carbons (Fsp3) is 0.0667. The van der Waals surface area contributed by atoms with E-state index in [1.807, 2.05) is 30.3 Å². The monoisotopic (exact) mass is 496 g/mol. The Hall–Kier alpha value is 0.190. The third kappa shape index (κ3) is 2.75. The molecule has 0 bridgehead atoms. The maximum Gasteiger partial charge on any atom is 0.0850 e. The molecular formula is C15H8BrCl2IS. The molecule has 0 aliphatic rings. The molecule has 1 unspecified atom stereocenters. The molecule has 0 N–H and O–H groups in total. The molecule has 20 heavy (non-hydrogen) atoms. The molecule has 102 valence electrons. The molecule has 0 saturated carbocycles. The third-order valence-electron chi connectivity index (χ3n) is 3.09. The lowest BCUT2D eigenvalue weighted by Gasteiger charge is -2.10. The quantitative estimate of drug-likeness (QED) is 0.258. The Labute approximate surface area is 153 Å². The second-order valence-electron chi connectivity index (χ2n) is 4.34. The van der Waals surface area contributed by atoms with Gasteiger partial charge in [0.05, 0.1) is 10.4 Å². The topological polar surface area (TPSA) is 0 Å². The van der Waals surface area contributed by atoms with Gasteiger partial charge in [0.25, 0.3) is 0 Å². The number of hydrogen-bond donors (Lipinski definition) is 0. The molecule has 0 aliphatic carbocycles. The molecule has 2 aromatic carbocycles. The van der Waals surface area contributed by atoms with Crippen LogP contribution in [0.1, 0.15) is 16.5 Å². The summed E-state index contributed by atoms with van der Waals surface area (Å²) in [4.78, 5) is 0. The Balaban J connectivity index is 2.10. The van der Waals surface area contributed by atoms with Crippen molar-refractivity contribution in [1.29, 1.82) is 0 Å². The molecule has 0 nitrogen and oxygen atoms in total. The summed E-state index contributed by atoms with van der Waals surface area (Å²) in [6.07, 6.45) is 0. The molecule has 0 amide bonds. The predicted octanol–water partition coefficient (Wildman–Crippen LogP) is 7.25. The van der Waals surface area contributed by atoms with Crippen molar-refractivity contribution >= 4 is 83.1 Å². The van der Waals surface area contributed by atoms with Crippen molar-refractivity contribution in [2.24, 2.45) is 0 Å². The van der Waals surface area contributed by atoms with E-state index >= 15 is 0 Å². The van der Waals surface area contributed by atoms with E-state index in [0.29, 0.717) is 0 Å². The maximum atomic E-state index is 6.66. The summed E-state index contributed by atoms with van der Waals surface area (Å²) in [5.41, 5.74) is 2.15. The zero-order chi connectivity index (χ0) is 14.3. The summed E-state index contributed by atoms with van der Waals surface area (Å²) >= 11 is 20.4. The van der Waals surface area contributed by atoms with Crippen LogP contribution in [0.5, 0.6) is 0 Å². The van der Waals surface area contributed by atoms with E-state index in [1.54, 1.807) is 11.3 Å². The van der Waals surface area contributed by atoms with Gasteiger partial charge in [-0.25, -0.2) is 0 Å². The number of alkyl halides is 1. The molecule has 3 aromatic rings. The van der Waals surface area contributed by atoms with E-state index in [0.717, 1.165) is 24.2 Å². The second kappa shape index (κ2) is 6.13. The van der Waals surface area contributed by atoms with Gasteiger partial charge < -0.3 is 0 Å². The van der Waals surface area contributed by atoms with Gasteiger partial charge in [-0.2, -0.15) is 0 Å². The highest BCUT2D eigenvalue weighted by molar-refractivity contribution is 14.1. The van der Waals surface area contributed by atoms with Gasteiger partial charge >= 0.3 is 0 Å². The van der Waals surface area contributed by atoms with Crippen molar-refractivity contribution in [3.8, 4) is 0 Å². The lowest BCUT2D eigenvalue weighted by atomic mass is 10.0. The van der Waals surface area contributed by atoms with E-state index in [9.17, 15) is 0 Å². The Kier molecular flexibility index (Phi) is 4.63. The lowest BCUT2D eigenvalue weighted by Crippen LogP contribution is -1.92. The maximum absolute atomic E-state index is 6.66. The van der Waals surface area contributed by atoms with Gasteiger partial charge in [0.1, 0.15) is 0 Å². The number of thiophene rings is 1. The molecular weight excluding hydrogens is 490 g/mol. The zero-order valence-corrected chi connectivity index (χ0v) is 16.1. The minimum atomic E-state index is -0.187. The van der Waals surface area contributed by atoms with Crippen molar-refractivity contribution < 1.29 is 0 Å². The van der Waals surface area contributed by atoms with Gasteiger partial charge in [-0.3, -0.25) is 0 Å². The molecule has 0 aliphatic heterocycles. The first-order valence-electron chi connectivity index (χ1n) is 5.82. The standard InChI is InChI=1S/C15H8BrCl2IS/c16-11-3-1-2-9-10(7-20-15(9)11)14(18)8-4-5-13(19)12(17)6-8/h1-7,14H. The van der Waals surface area contributed by atoms with Crippen molar-refractivity contribution in [2.45, 2.75) is 5.38 Å². The molecule has 0 saturated heterocycles. The van der Waals surface area contributed by atoms with E-state index < -0.39 is 0 Å². The summed E-state index contributed by atoms with van der Waals surface area (Å²) in [5, 5.41) is 3.87. The van der Waals surface area contributed by atoms with Crippen LogP contribution in [0.15, 0.2) is 46.3 Å². The lowest BCUT2D eigenvalue weighted by molar-refractivity contribution is 1.17. The van der Waals surface area contributed by atoms with Gasteiger partial charge in [0.2, 0.25) is 0 Å². The first-order chi connectivity index (χ1) is 9.58. The molecule has 3 rings (SSSR count). The Morgan fingerprint density at radius 3 is 2.75 bits per heavy atom. The smallest absolute Gasteiger partial charge is 0.0850 e. The van der Waals surface area contributed by atoms with Gasteiger partial charge in [-0.1, -0.05) is 29.8 Å². The largest absolute Gasteiger partial charge is 0.142 e. The van der Waals surface area contributed by atoms with Crippen LogP contribution < -0.4 is 0 Å². The van der Waals surface area contributed by atoms with Crippen LogP contribution >= 0.6 is 73.1 Å². The summed E-state index contributed by atoms with van der Waals surface area (Å²) in [6.45, 7) is 0. The van der Waals surface area contributed by atoms with Gasteiger partial charge in [0, 0.05) is 12.7 Å². The van der Waals surface area contributed by atoms with Crippen LogP contribution in [0, 0.1) is 3.57 Å². The highest BCUT2D eigenvalue weighted by atomic mass is 127. The number of halogens is 4. The van der Waals surface area contributed by atoms with Crippen LogP contribution in [-0.4, -0.2) is 0 Å². The minimum absolute atomic E-state index is 0.187. The van der Waals surface area contributed by atoms with Crippen molar-refractivity contribution in [1.82, 2.24) is 0 Å². The van der Waals surface area contributed by atoms with Crippen molar-refractivity contribution in [2.75, 3.05) is 0 Å². The zero-order valence-electron chi connectivity index (χ0n) is 10.0. The summed E-state index contributed by atoms with van der Waals surface area (Å²) in [7, 11) is 0. The van der Waals surface area contributed by atoms with E-state index in [2.05, 4.69) is 50.0 Å². The molecule has 1 atom stereocenters. The molecule has 5 heteroatoms. The fourth-order valence-corrected chi connectivity index (χ4v) is 4.65. The summed E-state index contributed by atoms with van der Waals surface area (Å²) in [6, 6.07) is 12.2. The van der Waals surface area contributed by atoms with E-state index in [1.165, 1.54) is 10.1 Å². The molecule has 0 fully saturated rings. The highest BCUT2D eigenvalue weighted by Crippen LogP contribution is 2.40. The van der Waals surface area contributed by atoms with Crippen LogP contribution in [0.4, 0.5) is 0 Å². The predicted molar refractivity (Wildman–Crippen MR) is 101 cm³/mol. The molecule has 0 radical (unpaired) electrons. The average Bonchev–Trinajstić information content (AvgIpc) is 2.86. The van der Waals surface area contributed by atoms with Crippen molar-refractivity contribution in [3.05, 3.63) is 66.0 Å². The first kappa shape index (κ1) is 15.1. The van der Waals surface area contributed by atoms with E-state index in [4.69, 9.17) is 23.2 Å². The Bertz CT molecular complexity index is 785. The van der Waals surface area contributed by atoms with Gasteiger partial charge in [-0.05, 0) is 78.6 Å². The SMILES string of the molecule is Clc1cc(C(Cl)c2csc3c(Br)cccc23)ccc1I. The number of hydrogen-bond acceptors (Lipinski definition) is 1. The van der Waals surface area contributed by atoms with Crippen LogP contribution in [0.3, 0.4) is 0 Å². The average molecular weight is 498 g/mol. The third-order valence-corrected chi connectivity index (χ3v) is 7.12. The van der Waals surface area contributed by atoms with Gasteiger partial charge in [0.15, 0.2) is 0 Å². The Morgan fingerprint density at radius 2 is 2.00 bits per heavy atom. The molecule has 1 heterocycles. The van der Waals surface area contributed by atoms with Crippen LogP contribution in [-0.2, 0) is 0 Å². The number of fused-ring (bicyclic) bond motifs is 1. The van der Waals surface area contributed by atoms with Crippen molar-refractivity contribution in [3.63, 3.8) is 0 Å². The number of rotatable bonds is 2. The highest BCUT2D eigenvalue weighted by Gasteiger charge is 2.17. The number of benzene rings is 2. The first-order valence-corrected chi connectivity index (χ1v) is 9.39. The molecule has 1 aromatic heterocycles. The van der Waals surface area contributed by atoms with Gasteiger partial charge in [-0.15, -0.1) is 22.9 Å². The van der Waals surface area contributed by atoms with Crippen LogP contribution in [0.25, 0.3) is 10.1 Å². The normalized spacial score (nSPS) is 12.8. The minimum Gasteiger partial charge on any atom is -0.142 e. The van der Waals surface area contributed by atoms with E-state index in [-0.39, 0.29) is 5.38 Å². The second-order valence-corrected chi connectivity index (χ2v) is 8.08. The molecule has 0 spiro atoms. The Morgan fingerprint density at radius 1 is 1.20 bits per heavy atom.